The zero-order valence-electron chi connectivity index (χ0n) is 15.9. The summed E-state index contributed by atoms with van der Waals surface area (Å²) in [7, 11) is 0. The van der Waals surface area contributed by atoms with Gasteiger partial charge in [0.15, 0.2) is 11.5 Å². The highest BCUT2D eigenvalue weighted by Gasteiger charge is 2.23. The number of anilines is 3. The molecule has 1 amide bonds. The molecule has 2 aromatic rings. The van der Waals surface area contributed by atoms with Crippen LogP contribution < -0.4 is 10.2 Å². The second-order valence-corrected chi connectivity index (χ2v) is 7.67. The molecule has 0 saturated carbocycles. The molecule has 0 aliphatic carbocycles. The standard InChI is InChI=1S/C21H27N5O/c1-16-5-4-14-26(15-16)21(27)19-10-11-20(24-23-19)22-17-6-8-18(9-7-17)25-12-2-3-13-25/h6-11,16H,2-5,12-15H2,1H3,(H,22,24). The van der Waals surface area contributed by atoms with Crippen LogP contribution in [0.1, 0.15) is 43.1 Å². The van der Waals surface area contributed by atoms with Crippen LogP contribution in [0.4, 0.5) is 17.2 Å². The van der Waals surface area contributed by atoms with Crippen molar-refractivity contribution in [2.45, 2.75) is 32.6 Å². The van der Waals surface area contributed by atoms with Crippen molar-refractivity contribution in [1.82, 2.24) is 15.1 Å². The minimum absolute atomic E-state index is 0.0180. The second kappa shape index (κ2) is 7.94. The highest BCUT2D eigenvalue weighted by molar-refractivity contribution is 5.92. The van der Waals surface area contributed by atoms with E-state index in [9.17, 15) is 4.79 Å². The normalized spacial score (nSPS) is 20.0. The van der Waals surface area contributed by atoms with Crippen molar-refractivity contribution in [3.63, 3.8) is 0 Å². The Balaban J connectivity index is 1.38. The van der Waals surface area contributed by atoms with Gasteiger partial charge in [-0.25, -0.2) is 0 Å². The van der Waals surface area contributed by atoms with Crippen LogP contribution in [0, 0.1) is 5.92 Å². The van der Waals surface area contributed by atoms with E-state index in [2.05, 4.69) is 51.6 Å². The quantitative estimate of drug-likeness (QED) is 0.895. The largest absolute Gasteiger partial charge is 0.372 e. The zero-order chi connectivity index (χ0) is 18.6. The van der Waals surface area contributed by atoms with Gasteiger partial charge in [0.2, 0.25) is 0 Å². The molecule has 3 heterocycles. The summed E-state index contributed by atoms with van der Waals surface area (Å²) in [6.45, 7) is 6.10. The highest BCUT2D eigenvalue weighted by Crippen LogP contribution is 2.23. The summed E-state index contributed by atoms with van der Waals surface area (Å²) in [5, 5.41) is 11.6. The number of rotatable bonds is 4. The molecule has 1 aromatic heterocycles. The monoisotopic (exact) mass is 365 g/mol. The van der Waals surface area contributed by atoms with E-state index in [-0.39, 0.29) is 5.91 Å². The maximum absolute atomic E-state index is 12.6. The molecule has 1 unspecified atom stereocenters. The van der Waals surface area contributed by atoms with E-state index in [1.54, 1.807) is 6.07 Å². The third-order valence-electron chi connectivity index (χ3n) is 5.44. The number of hydrogen-bond acceptors (Lipinski definition) is 5. The predicted molar refractivity (Wildman–Crippen MR) is 108 cm³/mol. The minimum Gasteiger partial charge on any atom is -0.372 e. The van der Waals surface area contributed by atoms with Crippen molar-refractivity contribution in [2.24, 2.45) is 5.92 Å². The van der Waals surface area contributed by atoms with Crippen molar-refractivity contribution in [1.29, 1.82) is 0 Å². The van der Waals surface area contributed by atoms with Gasteiger partial charge in [-0.15, -0.1) is 10.2 Å². The Morgan fingerprint density at radius 3 is 2.44 bits per heavy atom. The maximum Gasteiger partial charge on any atom is 0.274 e. The number of amides is 1. The Kier molecular flexibility index (Phi) is 5.23. The first-order valence-electron chi connectivity index (χ1n) is 9.94. The molecule has 0 radical (unpaired) electrons. The van der Waals surface area contributed by atoms with Gasteiger partial charge in [-0.2, -0.15) is 0 Å². The van der Waals surface area contributed by atoms with Crippen LogP contribution in [0.3, 0.4) is 0 Å². The first-order chi connectivity index (χ1) is 13.2. The third-order valence-corrected chi connectivity index (χ3v) is 5.44. The van der Waals surface area contributed by atoms with E-state index < -0.39 is 0 Å². The Labute approximate surface area is 160 Å². The number of aromatic nitrogens is 2. The average Bonchev–Trinajstić information content (AvgIpc) is 3.23. The smallest absolute Gasteiger partial charge is 0.274 e. The summed E-state index contributed by atoms with van der Waals surface area (Å²) in [4.78, 5) is 16.9. The van der Waals surface area contributed by atoms with Gasteiger partial charge in [0.1, 0.15) is 0 Å². The van der Waals surface area contributed by atoms with Crippen LogP contribution in [-0.2, 0) is 0 Å². The van der Waals surface area contributed by atoms with Gasteiger partial charge in [0.25, 0.3) is 5.91 Å². The molecule has 2 aliphatic heterocycles. The van der Waals surface area contributed by atoms with Crippen LogP contribution in [0.25, 0.3) is 0 Å². The number of carbonyl (C=O) groups excluding carboxylic acids is 1. The SMILES string of the molecule is CC1CCCN(C(=O)c2ccc(Nc3ccc(N4CCCC4)cc3)nn2)C1. The molecule has 6 nitrogen and oxygen atoms in total. The van der Waals surface area contributed by atoms with Crippen LogP contribution in [0.15, 0.2) is 36.4 Å². The molecule has 0 bridgehead atoms. The lowest BCUT2D eigenvalue weighted by molar-refractivity contribution is 0.0676. The average molecular weight is 365 g/mol. The van der Waals surface area contributed by atoms with E-state index in [0.717, 1.165) is 38.3 Å². The van der Waals surface area contributed by atoms with Crippen molar-refractivity contribution in [3.8, 4) is 0 Å². The Morgan fingerprint density at radius 2 is 1.78 bits per heavy atom. The van der Waals surface area contributed by atoms with Gasteiger partial charge >= 0.3 is 0 Å². The molecule has 2 aliphatic rings. The van der Waals surface area contributed by atoms with Crippen LogP contribution in [-0.4, -0.2) is 47.2 Å². The number of nitrogens with one attached hydrogen (secondary N) is 1. The first kappa shape index (κ1) is 17.8. The van der Waals surface area contributed by atoms with Crippen molar-refractivity contribution >= 4 is 23.1 Å². The lowest BCUT2D eigenvalue weighted by atomic mass is 10.00. The Hall–Kier alpha value is -2.63. The molecule has 6 heteroatoms. The van der Waals surface area contributed by atoms with Gasteiger partial charge < -0.3 is 15.1 Å². The van der Waals surface area contributed by atoms with Crippen molar-refractivity contribution in [3.05, 3.63) is 42.1 Å². The van der Waals surface area contributed by atoms with Gasteiger partial charge in [-0.3, -0.25) is 4.79 Å². The zero-order valence-corrected chi connectivity index (χ0v) is 15.9. The fraction of sp³-hybridized carbons (Fsp3) is 0.476. The first-order valence-corrected chi connectivity index (χ1v) is 9.94. The lowest BCUT2D eigenvalue weighted by Crippen LogP contribution is -2.39. The summed E-state index contributed by atoms with van der Waals surface area (Å²) < 4.78 is 0. The molecule has 27 heavy (non-hydrogen) atoms. The molecule has 142 valence electrons. The fourth-order valence-corrected chi connectivity index (χ4v) is 3.93. The number of piperidine rings is 1. The Morgan fingerprint density at radius 1 is 1.00 bits per heavy atom. The molecular weight excluding hydrogens is 338 g/mol. The van der Waals surface area contributed by atoms with E-state index in [1.165, 1.54) is 24.9 Å². The highest BCUT2D eigenvalue weighted by atomic mass is 16.2. The summed E-state index contributed by atoms with van der Waals surface area (Å²) in [6, 6.07) is 12.0. The topological polar surface area (TPSA) is 61.4 Å². The van der Waals surface area contributed by atoms with Gasteiger partial charge in [0, 0.05) is 37.6 Å². The second-order valence-electron chi connectivity index (χ2n) is 7.67. The summed E-state index contributed by atoms with van der Waals surface area (Å²) >= 11 is 0. The number of benzene rings is 1. The lowest BCUT2D eigenvalue weighted by Gasteiger charge is -2.30. The van der Waals surface area contributed by atoms with Crippen molar-refractivity contribution in [2.75, 3.05) is 36.4 Å². The van der Waals surface area contributed by atoms with Gasteiger partial charge in [-0.05, 0) is 68.0 Å². The maximum atomic E-state index is 12.6. The Bertz CT molecular complexity index is 768. The summed E-state index contributed by atoms with van der Waals surface area (Å²) in [6.07, 6.45) is 4.80. The van der Waals surface area contributed by atoms with E-state index >= 15 is 0 Å². The van der Waals surface area contributed by atoms with Crippen LogP contribution in [0.5, 0.6) is 0 Å². The van der Waals surface area contributed by atoms with E-state index in [0.29, 0.717) is 17.4 Å². The molecule has 1 atom stereocenters. The van der Waals surface area contributed by atoms with Gasteiger partial charge in [-0.1, -0.05) is 6.92 Å². The number of likely N-dealkylation sites (tertiary alicyclic amines) is 1. The minimum atomic E-state index is -0.0180. The summed E-state index contributed by atoms with van der Waals surface area (Å²) in [5.41, 5.74) is 2.65. The van der Waals surface area contributed by atoms with Crippen molar-refractivity contribution < 1.29 is 4.79 Å². The van der Waals surface area contributed by atoms with Gasteiger partial charge in [0.05, 0.1) is 0 Å². The number of carbonyl (C=O) groups is 1. The molecule has 1 aromatic carbocycles. The molecule has 2 fully saturated rings. The number of hydrogen-bond donors (Lipinski definition) is 1. The summed E-state index contributed by atoms with van der Waals surface area (Å²) in [5.74, 6) is 1.18. The molecule has 1 N–H and O–H groups in total. The third kappa shape index (κ3) is 4.21. The molecule has 2 saturated heterocycles. The molecule has 0 spiro atoms. The molecular formula is C21H27N5O. The fourth-order valence-electron chi connectivity index (χ4n) is 3.93. The molecule has 4 rings (SSSR count). The predicted octanol–water partition coefficient (Wildman–Crippen LogP) is 3.69. The van der Waals surface area contributed by atoms with Crippen LogP contribution >= 0.6 is 0 Å². The van der Waals surface area contributed by atoms with E-state index in [4.69, 9.17) is 0 Å². The van der Waals surface area contributed by atoms with E-state index in [1.807, 2.05) is 11.0 Å². The van der Waals surface area contributed by atoms with Crippen LogP contribution in [0.2, 0.25) is 0 Å². The number of nitrogens with zero attached hydrogens (tertiary/aromatic N) is 4.